The zero-order valence-electron chi connectivity index (χ0n) is 19.7. The van der Waals surface area contributed by atoms with Gasteiger partial charge in [0.05, 0.1) is 6.20 Å². The Hall–Kier alpha value is -4.11. The van der Waals surface area contributed by atoms with Crippen molar-refractivity contribution < 1.29 is 14.0 Å². The predicted molar refractivity (Wildman–Crippen MR) is 135 cm³/mol. The maximum Gasteiger partial charge on any atom is 0.245 e. The molecule has 0 aliphatic rings. The average molecular weight is 467 g/mol. The molecule has 180 valence electrons. The summed E-state index contributed by atoms with van der Waals surface area (Å²) in [6.07, 6.45) is 2.40. The van der Waals surface area contributed by atoms with Crippen molar-refractivity contribution in [1.29, 1.82) is 0 Å². The molecule has 0 bridgehead atoms. The largest absolute Gasteiger partial charge is 0.338 e. The molecular weight excluding hydrogens is 435 g/mol. The van der Waals surface area contributed by atoms with Crippen molar-refractivity contribution in [1.82, 2.24) is 14.9 Å². The lowest BCUT2D eigenvalue weighted by Gasteiger charge is -2.15. The van der Waals surface area contributed by atoms with Gasteiger partial charge in [0.1, 0.15) is 6.79 Å². The van der Waals surface area contributed by atoms with Crippen LogP contribution in [0.1, 0.15) is 18.1 Å². The van der Waals surface area contributed by atoms with Crippen LogP contribution in [0, 0.1) is 12.7 Å². The molecule has 0 saturated heterocycles. The minimum Gasteiger partial charge on any atom is -0.338 e. The Labute approximate surface area is 199 Å². The number of amides is 1. The highest BCUT2D eigenvalue weighted by Crippen LogP contribution is 2.21. The van der Waals surface area contributed by atoms with Crippen LogP contribution in [0.15, 0.2) is 67.4 Å². The maximum atomic E-state index is 14.2. The van der Waals surface area contributed by atoms with E-state index in [-0.39, 0.29) is 11.7 Å². The van der Waals surface area contributed by atoms with Crippen LogP contribution in [0.4, 0.5) is 27.5 Å². The van der Waals surface area contributed by atoms with Crippen LogP contribution in [0.3, 0.4) is 0 Å². The van der Waals surface area contributed by atoms with E-state index in [1.807, 2.05) is 57.0 Å². The summed E-state index contributed by atoms with van der Waals surface area (Å²) in [5.41, 5.74) is 8.38. The van der Waals surface area contributed by atoms with Gasteiger partial charge in [-0.1, -0.05) is 37.8 Å². The van der Waals surface area contributed by atoms with Crippen molar-refractivity contribution in [2.24, 2.45) is 5.73 Å². The lowest BCUT2D eigenvalue weighted by molar-refractivity contribution is -0.125. The molecule has 0 saturated carbocycles. The Morgan fingerprint density at radius 1 is 1.15 bits per heavy atom. The quantitative estimate of drug-likeness (QED) is 0.444. The lowest BCUT2D eigenvalue weighted by Crippen LogP contribution is -2.23. The smallest absolute Gasteiger partial charge is 0.245 e. The molecule has 34 heavy (non-hydrogen) atoms. The number of hydrogen-bond acceptors (Lipinski definition) is 7. The number of carbonyl (C=O) groups excluding carboxylic acids is 2. The molecule has 8 nitrogen and oxygen atoms in total. The second kappa shape index (κ2) is 14.9. The van der Waals surface area contributed by atoms with Crippen molar-refractivity contribution in [2.45, 2.75) is 20.4 Å². The highest BCUT2D eigenvalue weighted by Gasteiger charge is 2.09. The molecule has 0 aliphatic carbocycles. The fourth-order valence-corrected chi connectivity index (χ4v) is 2.70. The molecule has 1 amide bonds. The van der Waals surface area contributed by atoms with Gasteiger partial charge in [-0.2, -0.15) is 4.98 Å². The Balaban J connectivity index is 0.00000107. The first-order valence-electron chi connectivity index (χ1n) is 10.4. The Morgan fingerprint density at radius 2 is 1.79 bits per heavy atom. The van der Waals surface area contributed by atoms with E-state index in [2.05, 4.69) is 27.2 Å². The summed E-state index contributed by atoms with van der Waals surface area (Å²) in [5.74, 6) is -0.341. The molecule has 0 aliphatic heterocycles. The predicted octanol–water partition coefficient (Wildman–Crippen LogP) is 4.34. The first-order chi connectivity index (χ1) is 16.4. The highest BCUT2D eigenvalue weighted by molar-refractivity contribution is 5.86. The number of anilines is 4. The first-order valence-corrected chi connectivity index (χ1v) is 10.4. The van der Waals surface area contributed by atoms with E-state index in [9.17, 15) is 9.18 Å². The number of carbonyl (C=O) groups is 2. The molecule has 1 heterocycles. The summed E-state index contributed by atoms with van der Waals surface area (Å²) < 4.78 is 14.2. The number of hydrogen-bond donors (Lipinski definition) is 3. The standard InChI is InChI=1S/C22H22FN5O.C2H7N.CH2O/c1-4-20(29)28(3)14-16-8-10-17(11-9-16)25-21-19(23)13-24-22(27-21)26-18-7-5-6-15(2)12-18;1-2-3;1-2/h4-13H,1,14H2,2-3H3,(H2,24,25,26,27);2-3H2,1H3;1H2. The van der Waals surface area contributed by atoms with Gasteiger partial charge in [0.15, 0.2) is 11.6 Å². The molecule has 2 aromatic carbocycles. The zero-order chi connectivity index (χ0) is 25.5. The number of nitrogens with two attached hydrogens (primary N) is 1. The van der Waals surface area contributed by atoms with E-state index in [4.69, 9.17) is 10.5 Å². The van der Waals surface area contributed by atoms with Gasteiger partial charge in [-0.15, -0.1) is 0 Å². The number of likely N-dealkylation sites (N-methyl/N-ethyl adjacent to an activating group) is 1. The number of nitrogens with zero attached hydrogens (tertiary/aromatic N) is 3. The average Bonchev–Trinajstić information content (AvgIpc) is 2.83. The van der Waals surface area contributed by atoms with E-state index in [0.717, 1.165) is 29.6 Å². The summed E-state index contributed by atoms with van der Waals surface area (Å²) in [7, 11) is 1.70. The normalized spacial score (nSPS) is 9.44. The Bertz CT molecular complexity index is 1060. The maximum absolute atomic E-state index is 14.2. The van der Waals surface area contributed by atoms with Crippen LogP contribution in [0.2, 0.25) is 0 Å². The minimum absolute atomic E-state index is 0.0712. The van der Waals surface area contributed by atoms with E-state index in [0.29, 0.717) is 18.2 Å². The van der Waals surface area contributed by atoms with Crippen LogP contribution in [-0.4, -0.2) is 41.2 Å². The van der Waals surface area contributed by atoms with Gasteiger partial charge in [0.2, 0.25) is 11.9 Å². The SMILES string of the molecule is C=CC(=O)N(C)Cc1ccc(Nc2nc(Nc3cccc(C)c3)ncc2F)cc1.C=O.CCN. The fraction of sp³-hybridized carbons (Fsp3) is 0.200. The number of rotatable bonds is 7. The summed E-state index contributed by atoms with van der Waals surface area (Å²) in [6, 6.07) is 15.1. The molecule has 0 unspecified atom stereocenters. The third kappa shape index (κ3) is 9.17. The van der Waals surface area contributed by atoms with Crippen molar-refractivity contribution >= 4 is 35.8 Å². The van der Waals surface area contributed by atoms with Crippen molar-refractivity contribution in [3.8, 4) is 0 Å². The molecule has 3 rings (SSSR count). The van der Waals surface area contributed by atoms with Crippen molar-refractivity contribution in [3.05, 3.63) is 84.3 Å². The van der Waals surface area contributed by atoms with Gasteiger partial charge in [0, 0.05) is 25.0 Å². The molecule has 4 N–H and O–H groups in total. The molecular formula is C25H31FN6O2. The second-order valence-corrected chi connectivity index (χ2v) is 7.01. The van der Waals surface area contributed by atoms with Gasteiger partial charge in [0.25, 0.3) is 0 Å². The van der Waals surface area contributed by atoms with E-state index < -0.39 is 5.82 Å². The van der Waals surface area contributed by atoms with Gasteiger partial charge < -0.3 is 26.1 Å². The van der Waals surface area contributed by atoms with Crippen LogP contribution in [0.25, 0.3) is 0 Å². The molecule has 9 heteroatoms. The topological polar surface area (TPSA) is 113 Å². The lowest BCUT2D eigenvalue weighted by atomic mass is 10.2. The zero-order valence-corrected chi connectivity index (χ0v) is 19.7. The third-order valence-electron chi connectivity index (χ3n) is 4.21. The Kier molecular flexibility index (Phi) is 12.2. The number of benzene rings is 2. The van der Waals surface area contributed by atoms with E-state index >= 15 is 0 Å². The minimum atomic E-state index is -0.555. The number of aromatic nitrogens is 2. The van der Waals surface area contributed by atoms with Crippen LogP contribution in [0.5, 0.6) is 0 Å². The number of aryl methyl sites for hydroxylation is 1. The number of nitrogens with one attached hydrogen (secondary N) is 2. The van der Waals surface area contributed by atoms with E-state index in [1.54, 1.807) is 24.1 Å². The summed E-state index contributed by atoms with van der Waals surface area (Å²) in [4.78, 5) is 29.4. The molecule has 0 radical (unpaired) electrons. The third-order valence-corrected chi connectivity index (χ3v) is 4.21. The van der Waals surface area contributed by atoms with Gasteiger partial charge in [-0.3, -0.25) is 4.79 Å². The monoisotopic (exact) mass is 466 g/mol. The molecule has 1 aromatic heterocycles. The summed E-state index contributed by atoms with van der Waals surface area (Å²) in [5, 5.41) is 6.03. The Morgan fingerprint density at radius 3 is 2.38 bits per heavy atom. The summed E-state index contributed by atoms with van der Waals surface area (Å²) >= 11 is 0. The molecule has 0 fully saturated rings. The fourth-order valence-electron chi connectivity index (χ4n) is 2.70. The molecule has 3 aromatic rings. The second-order valence-electron chi connectivity index (χ2n) is 7.01. The number of halogens is 1. The van der Waals surface area contributed by atoms with E-state index in [1.165, 1.54) is 6.08 Å². The van der Waals surface area contributed by atoms with Crippen molar-refractivity contribution in [2.75, 3.05) is 24.2 Å². The first kappa shape index (κ1) is 27.9. The van der Waals surface area contributed by atoms with Crippen LogP contribution < -0.4 is 16.4 Å². The van der Waals surface area contributed by atoms with Gasteiger partial charge in [-0.25, -0.2) is 9.37 Å². The van der Waals surface area contributed by atoms with Crippen LogP contribution >= 0.6 is 0 Å². The van der Waals surface area contributed by atoms with Gasteiger partial charge in [-0.05, 0) is 54.9 Å². The van der Waals surface area contributed by atoms with Crippen molar-refractivity contribution in [3.63, 3.8) is 0 Å². The molecule has 0 atom stereocenters. The highest BCUT2D eigenvalue weighted by atomic mass is 19.1. The van der Waals surface area contributed by atoms with Crippen LogP contribution in [-0.2, 0) is 16.1 Å². The molecule has 0 spiro atoms. The van der Waals surface area contributed by atoms with Gasteiger partial charge >= 0.3 is 0 Å². The summed E-state index contributed by atoms with van der Waals surface area (Å²) in [6.45, 7) is 10.6.